The number of hydrogen-bond donors (Lipinski definition) is 1. The topological polar surface area (TPSA) is 101 Å². The molecule has 0 saturated heterocycles. The van der Waals surface area contributed by atoms with E-state index < -0.39 is 22.5 Å². The summed E-state index contributed by atoms with van der Waals surface area (Å²) in [4.78, 5) is 17.3. The summed E-state index contributed by atoms with van der Waals surface area (Å²) in [7, 11) is -2.52. The second-order valence-corrected chi connectivity index (χ2v) is 11.1. The van der Waals surface area contributed by atoms with Gasteiger partial charge < -0.3 is 4.74 Å². The number of hydrogen-bond acceptors (Lipinski definition) is 6. The molecule has 0 bridgehead atoms. The first-order valence-corrected chi connectivity index (χ1v) is 13.6. The Morgan fingerprint density at radius 3 is 2.47 bits per heavy atom. The molecule has 0 aliphatic rings. The highest BCUT2D eigenvalue weighted by Gasteiger charge is 2.28. The zero-order chi connectivity index (χ0) is 27.4. The second-order valence-electron chi connectivity index (χ2n) is 8.48. The first-order valence-electron chi connectivity index (χ1n) is 11.4. The molecule has 4 aromatic rings. The van der Waals surface area contributed by atoms with Crippen LogP contribution in [0.2, 0.25) is 10.2 Å². The lowest BCUT2D eigenvalue weighted by atomic mass is 10.1. The number of sulfonamides is 1. The fourth-order valence-electron chi connectivity index (χ4n) is 3.73. The molecule has 1 N–H and O–H groups in total. The van der Waals surface area contributed by atoms with Gasteiger partial charge in [-0.2, -0.15) is 5.10 Å². The lowest BCUT2D eigenvalue weighted by molar-refractivity contribution is -0.119. The molecule has 38 heavy (non-hydrogen) atoms. The summed E-state index contributed by atoms with van der Waals surface area (Å²) in [5.41, 5.74) is 5.33. The van der Waals surface area contributed by atoms with Gasteiger partial charge in [-0.15, -0.1) is 0 Å². The molecule has 4 rings (SSSR count). The van der Waals surface area contributed by atoms with Gasteiger partial charge in [0.25, 0.3) is 15.9 Å². The number of carbonyl (C=O) groups excluding carboxylic acids is 1. The normalized spacial score (nSPS) is 11.6. The van der Waals surface area contributed by atoms with Crippen LogP contribution >= 0.6 is 23.2 Å². The van der Waals surface area contributed by atoms with Gasteiger partial charge in [0, 0.05) is 22.0 Å². The van der Waals surface area contributed by atoms with E-state index in [1.807, 2.05) is 13.0 Å². The van der Waals surface area contributed by atoms with Gasteiger partial charge in [-0.3, -0.25) is 9.10 Å². The molecule has 0 fully saturated rings. The predicted octanol–water partition coefficient (Wildman–Crippen LogP) is 5.51. The Morgan fingerprint density at radius 1 is 1.05 bits per heavy atom. The summed E-state index contributed by atoms with van der Waals surface area (Å²) in [5, 5.41) is 5.41. The highest BCUT2D eigenvalue weighted by atomic mass is 35.5. The number of nitrogens with one attached hydrogen (secondary N) is 1. The molecule has 3 aromatic carbocycles. The number of aromatic nitrogens is 1. The highest BCUT2D eigenvalue weighted by molar-refractivity contribution is 7.92. The molecule has 1 heterocycles. The monoisotopic (exact) mass is 570 g/mol. The van der Waals surface area contributed by atoms with E-state index in [1.54, 1.807) is 62.6 Å². The largest absolute Gasteiger partial charge is 0.497 e. The minimum absolute atomic E-state index is 0.0550. The summed E-state index contributed by atoms with van der Waals surface area (Å²) in [6.45, 7) is 3.07. The Morgan fingerprint density at radius 2 is 1.79 bits per heavy atom. The summed E-state index contributed by atoms with van der Waals surface area (Å²) in [6, 6.07) is 18.3. The van der Waals surface area contributed by atoms with E-state index in [2.05, 4.69) is 15.5 Å². The quantitative estimate of drug-likeness (QED) is 0.171. The van der Waals surface area contributed by atoms with Crippen LogP contribution in [-0.2, 0) is 14.8 Å². The first kappa shape index (κ1) is 27.4. The number of methoxy groups -OCH3 is 1. The maximum absolute atomic E-state index is 13.6. The molecule has 1 amide bonds. The molecule has 0 unspecified atom stereocenters. The third kappa shape index (κ3) is 6.07. The van der Waals surface area contributed by atoms with Crippen LogP contribution in [0.4, 0.5) is 5.69 Å². The third-order valence-corrected chi connectivity index (χ3v) is 8.03. The number of anilines is 1. The zero-order valence-corrected chi connectivity index (χ0v) is 23.1. The maximum atomic E-state index is 13.6. The Labute approximate surface area is 230 Å². The summed E-state index contributed by atoms with van der Waals surface area (Å²) in [5.74, 6) is -0.00305. The van der Waals surface area contributed by atoms with E-state index in [0.29, 0.717) is 33.1 Å². The van der Waals surface area contributed by atoms with E-state index in [-0.39, 0.29) is 10.0 Å². The average Bonchev–Trinajstić information content (AvgIpc) is 2.88. The van der Waals surface area contributed by atoms with E-state index >= 15 is 0 Å². The number of amides is 1. The lowest BCUT2D eigenvalue weighted by Crippen LogP contribution is -2.40. The number of carbonyl (C=O) groups is 1. The van der Waals surface area contributed by atoms with Gasteiger partial charge in [0.05, 0.1) is 29.4 Å². The van der Waals surface area contributed by atoms with Crippen molar-refractivity contribution >= 4 is 61.9 Å². The van der Waals surface area contributed by atoms with Crippen LogP contribution < -0.4 is 14.5 Å². The Balaban J connectivity index is 1.58. The SMILES string of the molecule is COc1ccc2cc(/C=N\NC(=O)CN(c3ccc(Cl)cc3C)S(=O)(=O)c3ccc(C)cc3)c(Cl)nc2c1. The highest BCUT2D eigenvalue weighted by Crippen LogP contribution is 2.29. The number of benzene rings is 3. The maximum Gasteiger partial charge on any atom is 0.264 e. The average molecular weight is 571 g/mol. The van der Waals surface area contributed by atoms with Gasteiger partial charge in [-0.05, 0) is 67.9 Å². The molecule has 0 aliphatic carbocycles. The first-order chi connectivity index (χ1) is 18.1. The molecule has 0 radical (unpaired) electrons. The fraction of sp³-hybridized carbons (Fsp3) is 0.148. The molecule has 0 atom stereocenters. The molecule has 0 spiro atoms. The fourth-order valence-corrected chi connectivity index (χ4v) is 5.64. The predicted molar refractivity (Wildman–Crippen MR) is 151 cm³/mol. The van der Waals surface area contributed by atoms with Crippen LogP contribution in [0, 0.1) is 13.8 Å². The Bertz CT molecular complexity index is 1640. The minimum atomic E-state index is -4.08. The van der Waals surface area contributed by atoms with E-state index in [1.165, 1.54) is 18.3 Å². The van der Waals surface area contributed by atoms with Crippen molar-refractivity contribution in [3.63, 3.8) is 0 Å². The molecular formula is C27H24Cl2N4O4S. The number of fused-ring (bicyclic) bond motifs is 1. The van der Waals surface area contributed by atoms with Gasteiger partial charge >= 0.3 is 0 Å². The molecular weight excluding hydrogens is 547 g/mol. The van der Waals surface area contributed by atoms with Crippen molar-refractivity contribution in [2.24, 2.45) is 5.10 Å². The summed E-state index contributed by atoms with van der Waals surface area (Å²) < 4.78 is 33.4. The molecule has 11 heteroatoms. The van der Waals surface area contributed by atoms with Crippen molar-refractivity contribution in [2.75, 3.05) is 18.0 Å². The minimum Gasteiger partial charge on any atom is -0.497 e. The van der Waals surface area contributed by atoms with Crippen LogP contribution in [0.5, 0.6) is 5.75 Å². The zero-order valence-electron chi connectivity index (χ0n) is 20.8. The van der Waals surface area contributed by atoms with Crippen LogP contribution in [0.1, 0.15) is 16.7 Å². The lowest BCUT2D eigenvalue weighted by Gasteiger charge is -2.25. The van der Waals surface area contributed by atoms with Crippen molar-refractivity contribution in [1.82, 2.24) is 10.4 Å². The number of hydrazone groups is 1. The van der Waals surface area contributed by atoms with Crippen molar-refractivity contribution < 1.29 is 17.9 Å². The van der Waals surface area contributed by atoms with Crippen LogP contribution in [-0.4, -0.2) is 39.2 Å². The van der Waals surface area contributed by atoms with Gasteiger partial charge in [0.2, 0.25) is 0 Å². The number of aryl methyl sites for hydroxylation is 2. The number of halogens is 2. The molecule has 1 aromatic heterocycles. The van der Waals surface area contributed by atoms with E-state index in [4.69, 9.17) is 27.9 Å². The van der Waals surface area contributed by atoms with E-state index in [0.717, 1.165) is 15.3 Å². The van der Waals surface area contributed by atoms with Gasteiger partial charge in [-0.25, -0.2) is 18.8 Å². The van der Waals surface area contributed by atoms with Crippen LogP contribution in [0.3, 0.4) is 0 Å². The van der Waals surface area contributed by atoms with Crippen molar-refractivity contribution in [2.45, 2.75) is 18.7 Å². The van der Waals surface area contributed by atoms with Crippen LogP contribution in [0.15, 0.2) is 76.7 Å². The number of nitrogens with zero attached hydrogens (tertiary/aromatic N) is 3. The molecule has 0 saturated carbocycles. The molecule has 0 aliphatic heterocycles. The van der Waals surface area contributed by atoms with Crippen LogP contribution in [0.25, 0.3) is 10.9 Å². The molecule has 8 nitrogen and oxygen atoms in total. The van der Waals surface area contributed by atoms with Gasteiger partial charge in [0.1, 0.15) is 17.4 Å². The standard InChI is InChI=1S/C27H24Cl2N4O4S/c1-17-4-9-23(10-5-17)38(35,36)33(25-11-7-21(28)12-18(25)2)16-26(34)32-30-15-20-13-19-6-8-22(37-3)14-24(19)31-27(20)29/h4-15H,16H2,1-3H3,(H,32,34)/b30-15-. The Hall–Kier alpha value is -3.66. The van der Waals surface area contributed by atoms with Crippen molar-refractivity contribution in [1.29, 1.82) is 0 Å². The molecule has 196 valence electrons. The summed E-state index contributed by atoms with van der Waals surface area (Å²) in [6.07, 6.45) is 1.35. The number of pyridine rings is 1. The summed E-state index contributed by atoms with van der Waals surface area (Å²) >= 11 is 12.4. The second kappa shape index (κ2) is 11.4. The number of rotatable bonds is 8. The van der Waals surface area contributed by atoms with Crippen molar-refractivity contribution in [3.05, 3.63) is 93.6 Å². The number of ether oxygens (including phenoxy) is 1. The third-order valence-electron chi connectivity index (χ3n) is 5.72. The van der Waals surface area contributed by atoms with E-state index in [9.17, 15) is 13.2 Å². The Kier molecular flexibility index (Phi) is 8.20. The smallest absolute Gasteiger partial charge is 0.264 e. The van der Waals surface area contributed by atoms with Crippen molar-refractivity contribution in [3.8, 4) is 5.75 Å². The van der Waals surface area contributed by atoms with Gasteiger partial charge in [-0.1, -0.05) is 40.9 Å². The van der Waals surface area contributed by atoms with Gasteiger partial charge in [0.15, 0.2) is 0 Å².